The summed E-state index contributed by atoms with van der Waals surface area (Å²) in [5, 5.41) is 3.28. The smallest absolute Gasteiger partial charge is 0.189 e. The summed E-state index contributed by atoms with van der Waals surface area (Å²) in [6, 6.07) is 8.37. The van der Waals surface area contributed by atoms with Gasteiger partial charge in [0.15, 0.2) is 5.96 Å². The van der Waals surface area contributed by atoms with Crippen molar-refractivity contribution < 1.29 is 4.74 Å². The third-order valence-electron chi connectivity index (χ3n) is 3.78. The highest BCUT2D eigenvalue weighted by molar-refractivity contribution is 14.0. The van der Waals surface area contributed by atoms with Gasteiger partial charge in [-0.3, -0.25) is 0 Å². The van der Waals surface area contributed by atoms with Crippen LogP contribution in [0.2, 0.25) is 0 Å². The normalized spacial score (nSPS) is 18.4. The van der Waals surface area contributed by atoms with Gasteiger partial charge in [-0.1, -0.05) is 44.9 Å². The maximum atomic E-state index is 6.03. The fraction of sp³-hybridized carbons (Fsp3) is 0.588. The number of rotatable bonds is 6. The van der Waals surface area contributed by atoms with Gasteiger partial charge in [0.2, 0.25) is 0 Å². The third kappa shape index (κ3) is 5.66. The predicted molar refractivity (Wildman–Crippen MR) is 103 cm³/mol. The molecule has 2 unspecified atom stereocenters. The van der Waals surface area contributed by atoms with Gasteiger partial charge in [-0.2, -0.15) is 0 Å². The first kappa shape index (κ1) is 19.1. The van der Waals surface area contributed by atoms with Crippen molar-refractivity contribution >= 4 is 29.9 Å². The monoisotopic (exact) mass is 417 g/mol. The molecule has 1 aromatic carbocycles. The second kappa shape index (κ2) is 9.22. The Morgan fingerprint density at radius 2 is 2.05 bits per heavy atom. The van der Waals surface area contributed by atoms with Crippen LogP contribution in [0.5, 0.6) is 5.75 Å². The van der Waals surface area contributed by atoms with Gasteiger partial charge in [0.1, 0.15) is 18.4 Å². The summed E-state index contributed by atoms with van der Waals surface area (Å²) in [6.07, 6.45) is 3.59. The van der Waals surface area contributed by atoms with E-state index >= 15 is 0 Å². The fourth-order valence-corrected chi connectivity index (χ4v) is 2.61. The maximum Gasteiger partial charge on any atom is 0.189 e. The van der Waals surface area contributed by atoms with Crippen molar-refractivity contribution in [3.63, 3.8) is 0 Å². The lowest BCUT2D eigenvalue weighted by Gasteiger charge is -2.16. The maximum absolute atomic E-state index is 6.03. The largest absolute Gasteiger partial charge is 0.491 e. The average molecular weight is 417 g/mol. The molecule has 1 heterocycles. The lowest BCUT2D eigenvalue weighted by Crippen LogP contribution is -2.38. The number of hydrogen-bond donors (Lipinski definition) is 2. The van der Waals surface area contributed by atoms with Gasteiger partial charge in [0.05, 0.1) is 0 Å². The quantitative estimate of drug-likeness (QED) is 0.420. The van der Waals surface area contributed by atoms with E-state index in [9.17, 15) is 0 Å². The van der Waals surface area contributed by atoms with Crippen molar-refractivity contribution in [3.8, 4) is 5.75 Å². The van der Waals surface area contributed by atoms with Gasteiger partial charge < -0.3 is 15.8 Å². The van der Waals surface area contributed by atoms with E-state index in [1.165, 1.54) is 12.8 Å². The molecule has 0 aliphatic carbocycles. The molecule has 0 amide bonds. The SMILES string of the molecule is CC(C)CCCC(C)NC(N)=NC1COc2ccccc21.I. The highest BCUT2D eigenvalue weighted by atomic mass is 127. The van der Waals surface area contributed by atoms with Crippen LogP contribution in [0.25, 0.3) is 0 Å². The predicted octanol–water partition coefficient (Wildman–Crippen LogP) is 3.86. The molecule has 124 valence electrons. The van der Waals surface area contributed by atoms with Gasteiger partial charge in [-0.25, -0.2) is 4.99 Å². The number of para-hydroxylation sites is 1. The molecule has 1 aromatic rings. The van der Waals surface area contributed by atoms with E-state index < -0.39 is 0 Å². The molecular weight excluding hydrogens is 389 g/mol. The minimum atomic E-state index is 0. The Kier molecular flexibility index (Phi) is 8.00. The van der Waals surface area contributed by atoms with E-state index in [0.29, 0.717) is 18.6 Å². The molecule has 0 bridgehead atoms. The van der Waals surface area contributed by atoms with Crippen molar-refractivity contribution in [2.45, 2.75) is 52.1 Å². The Morgan fingerprint density at radius 1 is 1.32 bits per heavy atom. The number of ether oxygens (including phenoxy) is 1. The number of nitrogens with zero attached hydrogens (tertiary/aromatic N) is 1. The minimum Gasteiger partial charge on any atom is -0.491 e. The number of halogens is 1. The zero-order valence-corrected chi connectivity index (χ0v) is 16.0. The van der Waals surface area contributed by atoms with E-state index in [-0.39, 0.29) is 30.0 Å². The summed E-state index contributed by atoms with van der Waals surface area (Å²) in [7, 11) is 0. The molecule has 1 aliphatic rings. The molecule has 0 saturated carbocycles. The summed E-state index contributed by atoms with van der Waals surface area (Å²) in [5.41, 5.74) is 7.15. The molecule has 3 N–H and O–H groups in total. The second-order valence-electron chi connectivity index (χ2n) is 6.25. The first-order valence-corrected chi connectivity index (χ1v) is 7.87. The fourth-order valence-electron chi connectivity index (χ4n) is 2.61. The molecular formula is C17H28IN3O. The van der Waals surface area contributed by atoms with E-state index in [0.717, 1.165) is 23.7 Å². The molecule has 0 aromatic heterocycles. The first-order valence-electron chi connectivity index (χ1n) is 7.87. The van der Waals surface area contributed by atoms with Crippen LogP contribution in [0, 0.1) is 5.92 Å². The second-order valence-corrected chi connectivity index (χ2v) is 6.25. The standard InChI is InChI=1S/C17H27N3O.HI/c1-12(2)7-6-8-13(3)19-17(18)20-15-11-21-16-10-5-4-9-14(15)16;/h4-5,9-10,12-13,15H,6-8,11H2,1-3H3,(H3,18,19,20);1H. The molecule has 0 fully saturated rings. The Bertz CT molecular complexity index is 491. The van der Waals surface area contributed by atoms with Crippen molar-refractivity contribution in [2.24, 2.45) is 16.6 Å². The van der Waals surface area contributed by atoms with Crippen molar-refractivity contribution in [2.75, 3.05) is 6.61 Å². The number of hydrogen-bond acceptors (Lipinski definition) is 2. The first-order chi connectivity index (χ1) is 10.1. The summed E-state index contributed by atoms with van der Waals surface area (Å²) < 4.78 is 5.62. The van der Waals surface area contributed by atoms with Gasteiger partial charge in [0.25, 0.3) is 0 Å². The summed E-state index contributed by atoms with van der Waals surface area (Å²) >= 11 is 0. The Labute approximate surface area is 150 Å². The number of benzene rings is 1. The van der Waals surface area contributed by atoms with E-state index in [2.05, 4.69) is 37.1 Å². The van der Waals surface area contributed by atoms with Crippen LogP contribution >= 0.6 is 24.0 Å². The lowest BCUT2D eigenvalue weighted by molar-refractivity contribution is 0.333. The van der Waals surface area contributed by atoms with Crippen LogP contribution in [0.4, 0.5) is 0 Å². The lowest BCUT2D eigenvalue weighted by atomic mass is 10.0. The third-order valence-corrected chi connectivity index (χ3v) is 3.78. The van der Waals surface area contributed by atoms with Gasteiger partial charge in [0, 0.05) is 11.6 Å². The van der Waals surface area contributed by atoms with E-state index in [4.69, 9.17) is 10.5 Å². The molecule has 0 radical (unpaired) electrons. The molecule has 1 aliphatic heterocycles. The number of nitrogens with one attached hydrogen (secondary N) is 1. The number of nitrogens with two attached hydrogens (primary N) is 1. The van der Waals surface area contributed by atoms with Crippen LogP contribution in [0.1, 0.15) is 51.6 Å². The average Bonchev–Trinajstić information content (AvgIpc) is 2.81. The number of fused-ring (bicyclic) bond motifs is 1. The highest BCUT2D eigenvalue weighted by Gasteiger charge is 2.23. The van der Waals surface area contributed by atoms with Gasteiger partial charge in [-0.15, -0.1) is 24.0 Å². The zero-order chi connectivity index (χ0) is 15.2. The minimum absolute atomic E-state index is 0. The van der Waals surface area contributed by atoms with Crippen LogP contribution in [-0.4, -0.2) is 18.6 Å². The Morgan fingerprint density at radius 3 is 2.77 bits per heavy atom. The van der Waals surface area contributed by atoms with Crippen molar-refractivity contribution in [3.05, 3.63) is 29.8 Å². The zero-order valence-electron chi connectivity index (χ0n) is 13.7. The highest BCUT2D eigenvalue weighted by Crippen LogP contribution is 2.33. The molecule has 2 rings (SSSR count). The molecule has 0 spiro atoms. The topological polar surface area (TPSA) is 59.6 Å². The number of aliphatic imine (C=N–C) groups is 1. The van der Waals surface area contributed by atoms with Crippen molar-refractivity contribution in [1.82, 2.24) is 5.32 Å². The van der Waals surface area contributed by atoms with Crippen LogP contribution in [0.15, 0.2) is 29.3 Å². The summed E-state index contributed by atoms with van der Waals surface area (Å²) in [5.74, 6) is 2.19. The molecule has 22 heavy (non-hydrogen) atoms. The Hall–Kier alpha value is -0.980. The van der Waals surface area contributed by atoms with Gasteiger partial charge >= 0.3 is 0 Å². The van der Waals surface area contributed by atoms with Crippen LogP contribution in [0.3, 0.4) is 0 Å². The van der Waals surface area contributed by atoms with Crippen LogP contribution in [-0.2, 0) is 0 Å². The number of guanidine groups is 1. The molecule has 5 heteroatoms. The van der Waals surface area contributed by atoms with Crippen LogP contribution < -0.4 is 15.8 Å². The van der Waals surface area contributed by atoms with Crippen molar-refractivity contribution in [1.29, 1.82) is 0 Å². The molecule has 4 nitrogen and oxygen atoms in total. The van der Waals surface area contributed by atoms with Gasteiger partial charge in [-0.05, 0) is 25.3 Å². The summed E-state index contributed by atoms with van der Waals surface area (Å²) in [4.78, 5) is 4.56. The Balaban J connectivity index is 0.00000242. The molecule has 2 atom stereocenters. The van der Waals surface area contributed by atoms with E-state index in [1.807, 2.05) is 18.2 Å². The van der Waals surface area contributed by atoms with E-state index in [1.54, 1.807) is 0 Å². The molecule has 0 saturated heterocycles. The summed E-state index contributed by atoms with van der Waals surface area (Å²) in [6.45, 7) is 7.24.